The zero-order valence-corrected chi connectivity index (χ0v) is 21.7. The number of hydrogen-bond donors (Lipinski definition) is 0. The molecule has 0 aromatic carbocycles. The van der Waals surface area contributed by atoms with Crippen molar-refractivity contribution in [1.29, 1.82) is 0 Å². The quantitative estimate of drug-likeness (QED) is 0.122. The van der Waals surface area contributed by atoms with E-state index >= 15 is 0 Å². The van der Waals surface area contributed by atoms with Crippen molar-refractivity contribution >= 4 is 0 Å². The molecule has 1 unspecified atom stereocenters. The van der Waals surface area contributed by atoms with E-state index in [1.165, 1.54) is 161 Å². The van der Waals surface area contributed by atoms with Gasteiger partial charge < -0.3 is 0 Å². The minimum absolute atomic E-state index is 1.00. The third-order valence-electron chi connectivity index (χ3n) is 7.16. The fraction of sp³-hybridized carbons (Fsp3) is 0.967. The predicted octanol–water partition coefficient (Wildman–Crippen LogP) is 11.6. The Morgan fingerprint density at radius 2 is 0.700 bits per heavy atom. The lowest BCUT2D eigenvalue weighted by Crippen LogP contribution is -1.99. The largest absolute Gasteiger partial charge is 0.0654 e. The normalized spacial score (nSPS) is 12.5. The van der Waals surface area contributed by atoms with Crippen LogP contribution in [0.4, 0.5) is 0 Å². The van der Waals surface area contributed by atoms with Gasteiger partial charge in [-0.05, 0) is 5.92 Å². The third-order valence-corrected chi connectivity index (χ3v) is 7.16. The van der Waals surface area contributed by atoms with E-state index in [0.717, 1.165) is 12.3 Å². The van der Waals surface area contributed by atoms with E-state index in [9.17, 15) is 0 Å². The maximum atomic E-state index is 3.95. The zero-order chi connectivity index (χ0) is 22.0. The molecule has 0 aliphatic rings. The summed E-state index contributed by atoms with van der Waals surface area (Å²) < 4.78 is 0. The van der Waals surface area contributed by atoms with E-state index in [1.54, 1.807) is 0 Å². The van der Waals surface area contributed by atoms with E-state index in [1.807, 2.05) is 0 Å². The highest BCUT2D eigenvalue weighted by Gasteiger charge is 2.05. The predicted molar refractivity (Wildman–Crippen MR) is 140 cm³/mol. The summed E-state index contributed by atoms with van der Waals surface area (Å²) in [7, 11) is 0. The fourth-order valence-corrected chi connectivity index (χ4v) is 4.85. The summed E-state index contributed by atoms with van der Waals surface area (Å²) in [6, 6.07) is 0. The van der Waals surface area contributed by atoms with Gasteiger partial charge >= 0.3 is 0 Å². The highest BCUT2D eigenvalue weighted by Crippen LogP contribution is 2.21. The van der Waals surface area contributed by atoms with Crippen LogP contribution < -0.4 is 0 Å². The first-order chi connectivity index (χ1) is 14.8. The van der Waals surface area contributed by atoms with Crippen LogP contribution in [-0.4, -0.2) is 0 Å². The molecule has 0 bridgehead atoms. The molecule has 0 rings (SSSR count). The van der Waals surface area contributed by atoms with Gasteiger partial charge in [0.1, 0.15) is 0 Å². The molecule has 0 aliphatic carbocycles. The van der Waals surface area contributed by atoms with E-state index in [2.05, 4.69) is 20.8 Å². The Morgan fingerprint density at radius 1 is 0.400 bits per heavy atom. The van der Waals surface area contributed by atoms with Crippen molar-refractivity contribution in [1.82, 2.24) is 0 Å². The van der Waals surface area contributed by atoms with Crippen LogP contribution in [0.1, 0.15) is 181 Å². The van der Waals surface area contributed by atoms with Crippen LogP contribution in [0, 0.1) is 12.8 Å². The Balaban J connectivity index is 3.15. The highest BCUT2D eigenvalue weighted by molar-refractivity contribution is 4.59. The fourth-order valence-electron chi connectivity index (χ4n) is 4.85. The van der Waals surface area contributed by atoms with E-state index in [4.69, 9.17) is 0 Å². The van der Waals surface area contributed by atoms with Gasteiger partial charge in [-0.25, -0.2) is 0 Å². The molecule has 30 heavy (non-hydrogen) atoms. The van der Waals surface area contributed by atoms with Crippen LogP contribution >= 0.6 is 0 Å². The Hall–Kier alpha value is 0. The van der Waals surface area contributed by atoms with E-state index in [0.29, 0.717) is 0 Å². The molecule has 181 valence electrons. The van der Waals surface area contributed by atoms with Crippen LogP contribution in [0.2, 0.25) is 0 Å². The molecule has 1 atom stereocenters. The molecule has 0 aromatic heterocycles. The van der Waals surface area contributed by atoms with Crippen molar-refractivity contribution in [2.24, 2.45) is 5.92 Å². The van der Waals surface area contributed by atoms with Crippen LogP contribution in [0.5, 0.6) is 0 Å². The van der Waals surface area contributed by atoms with Gasteiger partial charge in [0.25, 0.3) is 0 Å². The van der Waals surface area contributed by atoms with E-state index < -0.39 is 0 Å². The van der Waals surface area contributed by atoms with Crippen molar-refractivity contribution in [3.63, 3.8) is 0 Å². The maximum Gasteiger partial charge on any atom is -0.0417 e. The molecule has 0 heteroatoms. The summed E-state index contributed by atoms with van der Waals surface area (Å²) in [5, 5.41) is 0. The van der Waals surface area contributed by atoms with Gasteiger partial charge in [-0.2, -0.15) is 0 Å². The van der Waals surface area contributed by atoms with Crippen molar-refractivity contribution in [2.75, 3.05) is 0 Å². The van der Waals surface area contributed by atoms with Gasteiger partial charge in [-0.1, -0.05) is 188 Å². The molecule has 0 heterocycles. The Morgan fingerprint density at radius 3 is 1.00 bits per heavy atom. The molecule has 0 fully saturated rings. The first-order valence-corrected chi connectivity index (χ1v) is 14.6. The number of rotatable bonds is 26. The molecular formula is C30H61. The van der Waals surface area contributed by atoms with Gasteiger partial charge in [0, 0.05) is 0 Å². The second-order valence-electron chi connectivity index (χ2n) is 10.1. The topological polar surface area (TPSA) is 0 Å². The van der Waals surface area contributed by atoms with Crippen molar-refractivity contribution < 1.29 is 0 Å². The minimum atomic E-state index is 1.00. The van der Waals surface area contributed by atoms with Crippen LogP contribution in [0.15, 0.2) is 0 Å². The lowest BCUT2D eigenvalue weighted by atomic mass is 9.92. The Labute approximate surface area is 193 Å². The van der Waals surface area contributed by atoms with E-state index in [-0.39, 0.29) is 0 Å². The summed E-state index contributed by atoms with van der Waals surface area (Å²) in [5.41, 5.74) is 0. The standard InChI is InChI=1S/C30H61/c1-4-7-9-11-12-13-14-15-16-17-18-19-20-21-22-23-24-25-27-29-30(6-3)28-26-10-8-5-2/h30H,2,4-29H2,1,3H3. The first-order valence-electron chi connectivity index (χ1n) is 14.6. The second-order valence-corrected chi connectivity index (χ2v) is 10.1. The molecule has 0 nitrogen and oxygen atoms in total. The SMILES string of the molecule is [CH2]CCCCCC(CC)CCCCCCCCCCCCCCCCCCCCC. The number of hydrogen-bond acceptors (Lipinski definition) is 0. The smallest absolute Gasteiger partial charge is 0.0417 e. The monoisotopic (exact) mass is 421 g/mol. The average molecular weight is 422 g/mol. The molecular weight excluding hydrogens is 360 g/mol. The van der Waals surface area contributed by atoms with Crippen molar-refractivity contribution in [2.45, 2.75) is 181 Å². The third kappa shape index (κ3) is 24.3. The molecule has 0 N–H and O–H groups in total. The molecule has 0 saturated carbocycles. The van der Waals surface area contributed by atoms with Gasteiger partial charge in [-0.15, -0.1) is 0 Å². The summed E-state index contributed by atoms with van der Waals surface area (Å²) >= 11 is 0. The lowest BCUT2D eigenvalue weighted by molar-refractivity contribution is 0.394. The van der Waals surface area contributed by atoms with Crippen LogP contribution in [0.3, 0.4) is 0 Å². The van der Waals surface area contributed by atoms with Crippen molar-refractivity contribution in [3.05, 3.63) is 6.92 Å². The molecule has 1 radical (unpaired) electrons. The second kappa shape index (κ2) is 27.0. The van der Waals surface area contributed by atoms with Crippen LogP contribution in [-0.2, 0) is 0 Å². The summed E-state index contributed by atoms with van der Waals surface area (Å²) in [5.74, 6) is 1.00. The molecule has 0 amide bonds. The molecule has 0 aliphatic heterocycles. The van der Waals surface area contributed by atoms with Gasteiger partial charge in [0.2, 0.25) is 0 Å². The Bertz CT molecular complexity index is 282. The van der Waals surface area contributed by atoms with Gasteiger partial charge in [0.05, 0.1) is 0 Å². The summed E-state index contributed by atoms with van der Waals surface area (Å²) in [6.07, 6.45) is 37.7. The van der Waals surface area contributed by atoms with Crippen molar-refractivity contribution in [3.8, 4) is 0 Å². The minimum Gasteiger partial charge on any atom is -0.0654 e. The Kier molecular flexibility index (Phi) is 27.0. The average Bonchev–Trinajstić information content (AvgIpc) is 2.76. The zero-order valence-electron chi connectivity index (χ0n) is 21.7. The summed E-state index contributed by atoms with van der Waals surface area (Å²) in [6.45, 7) is 8.65. The van der Waals surface area contributed by atoms with Crippen LogP contribution in [0.25, 0.3) is 0 Å². The summed E-state index contributed by atoms with van der Waals surface area (Å²) in [4.78, 5) is 0. The maximum absolute atomic E-state index is 3.95. The number of unbranched alkanes of at least 4 members (excludes halogenated alkanes) is 21. The lowest BCUT2D eigenvalue weighted by Gasteiger charge is -2.14. The van der Waals surface area contributed by atoms with Gasteiger partial charge in [0.15, 0.2) is 0 Å². The molecule has 0 saturated heterocycles. The highest BCUT2D eigenvalue weighted by atomic mass is 14.1. The first kappa shape index (κ1) is 30.0. The molecule has 0 spiro atoms. The van der Waals surface area contributed by atoms with Gasteiger partial charge in [-0.3, -0.25) is 0 Å². The molecule has 0 aromatic rings.